The fourth-order valence-electron chi connectivity index (χ4n) is 1.84. The monoisotopic (exact) mass is 287 g/mol. The summed E-state index contributed by atoms with van der Waals surface area (Å²) in [6.07, 6.45) is 0. The number of amides is 3. The Balaban J connectivity index is 1.86. The predicted molar refractivity (Wildman–Crippen MR) is 70.7 cm³/mol. The van der Waals surface area contributed by atoms with Crippen molar-refractivity contribution in [2.45, 2.75) is 6.61 Å². The molecule has 2 rings (SSSR count). The fraction of sp³-hybridized carbons (Fsp3) is 0.286. The summed E-state index contributed by atoms with van der Waals surface area (Å²) in [7, 11) is 1.49. The van der Waals surface area contributed by atoms with Crippen LogP contribution in [-0.4, -0.2) is 47.8 Å². The van der Waals surface area contributed by atoms with Crippen LogP contribution in [-0.2, 0) is 20.9 Å². The first-order chi connectivity index (χ1) is 10.0. The van der Waals surface area contributed by atoms with Crippen LogP contribution in [0.2, 0.25) is 0 Å². The van der Waals surface area contributed by atoms with E-state index in [0.29, 0.717) is 5.56 Å². The second kappa shape index (κ2) is 6.05. The number of esters is 1. The minimum Gasteiger partial charge on any atom is -0.459 e. The van der Waals surface area contributed by atoms with E-state index in [1.165, 1.54) is 11.9 Å². The van der Waals surface area contributed by atoms with E-state index in [2.05, 4.69) is 0 Å². The van der Waals surface area contributed by atoms with E-state index in [9.17, 15) is 14.4 Å². The molecule has 0 atom stereocenters. The van der Waals surface area contributed by atoms with Gasteiger partial charge in [-0.1, -0.05) is 12.1 Å². The summed E-state index contributed by atoms with van der Waals surface area (Å²) in [6.45, 7) is -0.392. The van der Waals surface area contributed by atoms with Crippen molar-refractivity contribution in [2.75, 3.05) is 20.1 Å². The summed E-state index contributed by atoms with van der Waals surface area (Å²) in [5.41, 5.74) is 1.24. The molecule has 1 aliphatic heterocycles. The molecule has 21 heavy (non-hydrogen) atoms. The highest BCUT2D eigenvalue weighted by Crippen LogP contribution is 2.09. The second-order valence-corrected chi connectivity index (χ2v) is 4.59. The maximum absolute atomic E-state index is 11.7. The number of nitrogens with zero attached hydrogens (tertiary/aromatic N) is 3. The summed E-state index contributed by atoms with van der Waals surface area (Å²) in [5.74, 6) is -1.07. The number of imide groups is 1. The number of rotatable bonds is 4. The molecule has 1 fully saturated rings. The van der Waals surface area contributed by atoms with Crippen molar-refractivity contribution in [1.82, 2.24) is 9.80 Å². The molecule has 0 aromatic heterocycles. The summed E-state index contributed by atoms with van der Waals surface area (Å²) >= 11 is 0. The van der Waals surface area contributed by atoms with Crippen molar-refractivity contribution in [3.8, 4) is 6.07 Å². The molecule has 0 spiro atoms. The molecule has 7 nitrogen and oxygen atoms in total. The number of benzene rings is 1. The van der Waals surface area contributed by atoms with Crippen LogP contribution >= 0.6 is 0 Å². The molecule has 108 valence electrons. The number of urea groups is 1. The molecule has 0 saturated carbocycles. The van der Waals surface area contributed by atoms with E-state index >= 15 is 0 Å². The van der Waals surface area contributed by atoms with Gasteiger partial charge in [0.15, 0.2) is 0 Å². The molecule has 0 radical (unpaired) electrons. The Morgan fingerprint density at radius 1 is 1.33 bits per heavy atom. The minimum atomic E-state index is -0.656. The number of nitriles is 1. The Kier molecular flexibility index (Phi) is 4.18. The SMILES string of the molecule is CN1CC(=O)N(CC(=O)OCc2ccc(C#N)cc2)C1=O. The molecule has 1 heterocycles. The number of ether oxygens (including phenoxy) is 1. The van der Waals surface area contributed by atoms with Crippen LogP contribution in [0, 0.1) is 11.3 Å². The third kappa shape index (κ3) is 3.36. The molecule has 0 N–H and O–H groups in total. The van der Waals surface area contributed by atoms with Gasteiger partial charge in [-0.3, -0.25) is 14.5 Å². The molecule has 0 bridgehead atoms. The highest BCUT2D eigenvalue weighted by molar-refractivity contribution is 6.03. The molecule has 1 aromatic rings. The number of carbonyl (C=O) groups is 3. The number of carbonyl (C=O) groups excluding carboxylic acids is 3. The van der Waals surface area contributed by atoms with Gasteiger partial charge in [0.25, 0.3) is 5.91 Å². The van der Waals surface area contributed by atoms with Crippen LogP contribution < -0.4 is 0 Å². The Bertz CT molecular complexity index is 618. The lowest BCUT2D eigenvalue weighted by Crippen LogP contribution is -2.36. The van der Waals surface area contributed by atoms with Crippen LogP contribution in [0.15, 0.2) is 24.3 Å². The van der Waals surface area contributed by atoms with E-state index < -0.39 is 24.5 Å². The first-order valence-corrected chi connectivity index (χ1v) is 6.21. The second-order valence-electron chi connectivity index (χ2n) is 4.59. The van der Waals surface area contributed by atoms with Crippen molar-refractivity contribution < 1.29 is 19.1 Å². The van der Waals surface area contributed by atoms with Gasteiger partial charge in [-0.25, -0.2) is 4.79 Å². The van der Waals surface area contributed by atoms with Gasteiger partial charge in [0, 0.05) is 7.05 Å². The maximum Gasteiger partial charge on any atom is 0.327 e. The van der Waals surface area contributed by atoms with Crippen LogP contribution in [0.3, 0.4) is 0 Å². The molecule has 3 amide bonds. The summed E-state index contributed by atoms with van der Waals surface area (Å²) in [6, 6.07) is 8.06. The van der Waals surface area contributed by atoms with Gasteiger partial charge in [0.05, 0.1) is 11.6 Å². The van der Waals surface area contributed by atoms with Crippen LogP contribution in [0.25, 0.3) is 0 Å². The van der Waals surface area contributed by atoms with Crippen molar-refractivity contribution in [1.29, 1.82) is 5.26 Å². The Hall–Kier alpha value is -2.88. The maximum atomic E-state index is 11.7. The van der Waals surface area contributed by atoms with Gasteiger partial charge >= 0.3 is 12.0 Å². The zero-order valence-electron chi connectivity index (χ0n) is 11.4. The predicted octanol–water partition coefficient (Wildman–Crippen LogP) is 0.495. The topological polar surface area (TPSA) is 90.7 Å². The lowest BCUT2D eigenvalue weighted by Gasteiger charge is -2.13. The number of hydrogen-bond acceptors (Lipinski definition) is 5. The van der Waals surface area contributed by atoms with Crippen LogP contribution in [0.5, 0.6) is 0 Å². The van der Waals surface area contributed by atoms with E-state index in [4.69, 9.17) is 10.00 Å². The molecule has 1 aliphatic rings. The summed E-state index contributed by atoms with van der Waals surface area (Å²) < 4.78 is 5.01. The average Bonchev–Trinajstić information content (AvgIpc) is 2.72. The van der Waals surface area contributed by atoms with Gasteiger partial charge in [-0.05, 0) is 17.7 Å². The minimum absolute atomic E-state index is 0.0244. The smallest absolute Gasteiger partial charge is 0.327 e. The third-order valence-electron chi connectivity index (χ3n) is 3.00. The summed E-state index contributed by atoms with van der Waals surface area (Å²) in [4.78, 5) is 36.8. The van der Waals surface area contributed by atoms with Gasteiger partial charge < -0.3 is 9.64 Å². The first kappa shape index (κ1) is 14.5. The molecule has 1 saturated heterocycles. The van der Waals surface area contributed by atoms with E-state index in [0.717, 1.165) is 10.5 Å². The zero-order chi connectivity index (χ0) is 15.4. The van der Waals surface area contributed by atoms with Gasteiger partial charge in [-0.2, -0.15) is 5.26 Å². The van der Waals surface area contributed by atoms with Crippen molar-refractivity contribution in [3.05, 3.63) is 35.4 Å². The van der Waals surface area contributed by atoms with Crippen LogP contribution in [0.1, 0.15) is 11.1 Å². The van der Waals surface area contributed by atoms with E-state index in [1.54, 1.807) is 24.3 Å². The van der Waals surface area contributed by atoms with Crippen molar-refractivity contribution >= 4 is 17.9 Å². The Morgan fingerprint density at radius 2 is 2.00 bits per heavy atom. The standard InChI is InChI=1S/C14H13N3O4/c1-16-7-12(18)17(14(16)20)8-13(19)21-9-11-4-2-10(6-15)3-5-11/h2-5H,7-9H2,1H3. The molecular formula is C14H13N3O4. The molecular weight excluding hydrogens is 274 g/mol. The average molecular weight is 287 g/mol. The molecule has 0 aliphatic carbocycles. The highest BCUT2D eigenvalue weighted by Gasteiger charge is 2.35. The van der Waals surface area contributed by atoms with Crippen molar-refractivity contribution in [3.63, 3.8) is 0 Å². The van der Waals surface area contributed by atoms with E-state index in [1.807, 2.05) is 6.07 Å². The molecule has 0 unspecified atom stereocenters. The Labute approximate surface area is 121 Å². The number of likely N-dealkylation sites (N-methyl/N-ethyl adjacent to an activating group) is 1. The highest BCUT2D eigenvalue weighted by atomic mass is 16.5. The van der Waals surface area contributed by atoms with Gasteiger partial charge in [0.1, 0.15) is 19.7 Å². The summed E-state index contributed by atoms with van der Waals surface area (Å²) in [5, 5.41) is 8.67. The van der Waals surface area contributed by atoms with Gasteiger partial charge in [0.2, 0.25) is 0 Å². The Morgan fingerprint density at radius 3 is 2.52 bits per heavy atom. The molecule has 7 heteroatoms. The third-order valence-corrected chi connectivity index (χ3v) is 3.00. The lowest BCUT2D eigenvalue weighted by molar-refractivity contribution is -0.147. The van der Waals surface area contributed by atoms with Gasteiger partial charge in [-0.15, -0.1) is 0 Å². The van der Waals surface area contributed by atoms with E-state index in [-0.39, 0.29) is 13.2 Å². The molecule has 1 aromatic carbocycles. The van der Waals surface area contributed by atoms with Crippen LogP contribution in [0.4, 0.5) is 4.79 Å². The first-order valence-electron chi connectivity index (χ1n) is 6.21. The fourth-order valence-corrected chi connectivity index (χ4v) is 1.84. The quantitative estimate of drug-likeness (QED) is 0.594. The normalized spacial score (nSPS) is 14.3. The lowest BCUT2D eigenvalue weighted by atomic mass is 10.2. The van der Waals surface area contributed by atoms with Crippen molar-refractivity contribution in [2.24, 2.45) is 0 Å². The number of hydrogen-bond donors (Lipinski definition) is 0. The zero-order valence-corrected chi connectivity index (χ0v) is 11.4. The largest absolute Gasteiger partial charge is 0.459 e.